The molecule has 1 aromatic carbocycles. The second-order valence-electron chi connectivity index (χ2n) is 4.58. The zero-order valence-corrected chi connectivity index (χ0v) is 11.6. The van der Waals surface area contributed by atoms with Crippen molar-refractivity contribution < 1.29 is 4.74 Å². The van der Waals surface area contributed by atoms with Crippen LogP contribution < -0.4 is 15.4 Å². The Morgan fingerprint density at radius 3 is 2.74 bits per heavy atom. The molecule has 0 atom stereocenters. The summed E-state index contributed by atoms with van der Waals surface area (Å²) in [7, 11) is 3.70. The van der Waals surface area contributed by atoms with Crippen molar-refractivity contribution in [3.63, 3.8) is 0 Å². The first-order chi connectivity index (χ1) is 9.11. The van der Waals surface area contributed by atoms with Crippen LogP contribution in [0.3, 0.4) is 0 Å². The number of hydrogen-bond donors (Lipinski definition) is 1. The Bertz CT molecular complexity index is 569. The molecule has 0 fully saturated rings. The third-order valence-corrected chi connectivity index (χ3v) is 3.03. The number of anilines is 2. The predicted molar refractivity (Wildman–Crippen MR) is 78.5 cm³/mol. The van der Waals surface area contributed by atoms with Gasteiger partial charge in [-0.25, -0.2) is 4.98 Å². The van der Waals surface area contributed by atoms with Crippen molar-refractivity contribution in [2.24, 2.45) is 0 Å². The number of methoxy groups -OCH3 is 1. The maximum absolute atomic E-state index is 5.72. The van der Waals surface area contributed by atoms with E-state index in [4.69, 9.17) is 10.5 Å². The SMILES string of the molecule is COc1ccccc1CN(C)c1ncc(N)cc1C. The van der Waals surface area contributed by atoms with Gasteiger partial charge >= 0.3 is 0 Å². The molecule has 4 heteroatoms. The van der Waals surface area contributed by atoms with Gasteiger partial charge in [0.1, 0.15) is 11.6 Å². The summed E-state index contributed by atoms with van der Waals surface area (Å²) in [5, 5.41) is 0. The number of nitrogen functional groups attached to an aromatic ring is 1. The number of para-hydroxylation sites is 1. The van der Waals surface area contributed by atoms with Crippen molar-refractivity contribution in [1.29, 1.82) is 0 Å². The molecule has 0 aliphatic heterocycles. The lowest BCUT2D eigenvalue weighted by Gasteiger charge is -2.21. The van der Waals surface area contributed by atoms with Crippen molar-refractivity contribution in [3.05, 3.63) is 47.7 Å². The van der Waals surface area contributed by atoms with Crippen LogP contribution in [-0.4, -0.2) is 19.1 Å². The average Bonchev–Trinajstić information content (AvgIpc) is 2.39. The first-order valence-electron chi connectivity index (χ1n) is 6.17. The molecule has 0 radical (unpaired) electrons. The summed E-state index contributed by atoms with van der Waals surface area (Å²) >= 11 is 0. The van der Waals surface area contributed by atoms with Gasteiger partial charge in [-0.3, -0.25) is 0 Å². The molecule has 0 unspecified atom stereocenters. The van der Waals surface area contributed by atoms with Gasteiger partial charge in [0.15, 0.2) is 0 Å². The molecule has 1 aromatic heterocycles. The zero-order valence-electron chi connectivity index (χ0n) is 11.6. The minimum atomic E-state index is 0.687. The molecule has 0 aliphatic rings. The molecule has 0 saturated carbocycles. The molecule has 0 amide bonds. The first kappa shape index (κ1) is 13.2. The van der Waals surface area contributed by atoms with E-state index in [1.165, 1.54) is 0 Å². The van der Waals surface area contributed by atoms with Crippen LogP contribution in [0.4, 0.5) is 11.5 Å². The maximum Gasteiger partial charge on any atom is 0.131 e. The number of ether oxygens (including phenoxy) is 1. The molecule has 2 N–H and O–H groups in total. The number of nitrogens with two attached hydrogens (primary N) is 1. The van der Waals surface area contributed by atoms with Gasteiger partial charge in [0.2, 0.25) is 0 Å². The minimum Gasteiger partial charge on any atom is -0.496 e. The van der Waals surface area contributed by atoms with E-state index in [-0.39, 0.29) is 0 Å². The predicted octanol–water partition coefficient (Wildman–Crippen LogP) is 2.62. The van der Waals surface area contributed by atoms with Gasteiger partial charge in [0.05, 0.1) is 19.0 Å². The van der Waals surface area contributed by atoms with Crippen molar-refractivity contribution in [3.8, 4) is 5.75 Å². The molecule has 0 spiro atoms. The summed E-state index contributed by atoms with van der Waals surface area (Å²) in [5.74, 6) is 1.82. The minimum absolute atomic E-state index is 0.687. The summed E-state index contributed by atoms with van der Waals surface area (Å²) in [6.45, 7) is 2.75. The van der Waals surface area contributed by atoms with Crippen LogP contribution in [0.15, 0.2) is 36.5 Å². The number of aryl methyl sites for hydroxylation is 1. The molecule has 2 rings (SSSR count). The van der Waals surface area contributed by atoms with Crippen LogP contribution in [0, 0.1) is 6.92 Å². The zero-order chi connectivity index (χ0) is 13.8. The highest BCUT2D eigenvalue weighted by atomic mass is 16.5. The summed E-state index contributed by atoms with van der Waals surface area (Å²) < 4.78 is 5.36. The number of rotatable bonds is 4. The van der Waals surface area contributed by atoms with E-state index < -0.39 is 0 Å². The third kappa shape index (κ3) is 2.96. The highest BCUT2D eigenvalue weighted by molar-refractivity contribution is 5.53. The summed E-state index contributed by atoms with van der Waals surface area (Å²) in [4.78, 5) is 6.48. The van der Waals surface area contributed by atoms with E-state index in [1.807, 2.05) is 38.2 Å². The number of pyridine rings is 1. The second-order valence-corrected chi connectivity index (χ2v) is 4.58. The van der Waals surface area contributed by atoms with Crippen LogP contribution in [-0.2, 0) is 6.54 Å². The fourth-order valence-corrected chi connectivity index (χ4v) is 2.15. The van der Waals surface area contributed by atoms with Crippen LogP contribution >= 0.6 is 0 Å². The lowest BCUT2D eigenvalue weighted by molar-refractivity contribution is 0.409. The first-order valence-corrected chi connectivity index (χ1v) is 6.17. The van der Waals surface area contributed by atoms with Crippen molar-refractivity contribution >= 4 is 11.5 Å². The molecular formula is C15H19N3O. The lowest BCUT2D eigenvalue weighted by atomic mass is 10.2. The number of benzene rings is 1. The molecule has 0 aliphatic carbocycles. The number of aromatic nitrogens is 1. The normalized spacial score (nSPS) is 10.3. The van der Waals surface area contributed by atoms with Gasteiger partial charge in [-0.1, -0.05) is 18.2 Å². The second kappa shape index (κ2) is 5.61. The van der Waals surface area contributed by atoms with Crippen molar-refractivity contribution in [1.82, 2.24) is 4.98 Å². The van der Waals surface area contributed by atoms with Gasteiger partial charge in [-0.15, -0.1) is 0 Å². The topological polar surface area (TPSA) is 51.4 Å². The highest BCUT2D eigenvalue weighted by Crippen LogP contribution is 2.23. The molecule has 19 heavy (non-hydrogen) atoms. The summed E-state index contributed by atoms with van der Waals surface area (Å²) in [6, 6.07) is 9.93. The van der Waals surface area contributed by atoms with E-state index >= 15 is 0 Å². The van der Waals surface area contributed by atoms with E-state index in [0.29, 0.717) is 5.69 Å². The van der Waals surface area contributed by atoms with Crippen LogP contribution in [0.5, 0.6) is 5.75 Å². The van der Waals surface area contributed by atoms with Gasteiger partial charge < -0.3 is 15.4 Å². The van der Waals surface area contributed by atoms with Gasteiger partial charge in [0, 0.05) is 19.2 Å². The van der Waals surface area contributed by atoms with Gasteiger partial charge in [0.25, 0.3) is 0 Å². The maximum atomic E-state index is 5.72. The molecule has 1 heterocycles. The Morgan fingerprint density at radius 1 is 1.32 bits per heavy atom. The van der Waals surface area contributed by atoms with Crippen LogP contribution in [0.25, 0.3) is 0 Å². The molecular weight excluding hydrogens is 238 g/mol. The van der Waals surface area contributed by atoms with E-state index in [0.717, 1.165) is 29.2 Å². The number of hydrogen-bond acceptors (Lipinski definition) is 4. The van der Waals surface area contributed by atoms with Crippen molar-refractivity contribution in [2.45, 2.75) is 13.5 Å². The average molecular weight is 257 g/mol. The van der Waals surface area contributed by atoms with E-state index in [2.05, 4.69) is 16.0 Å². The Kier molecular flexibility index (Phi) is 3.90. The molecule has 2 aromatic rings. The smallest absolute Gasteiger partial charge is 0.131 e. The third-order valence-electron chi connectivity index (χ3n) is 3.03. The highest BCUT2D eigenvalue weighted by Gasteiger charge is 2.10. The molecule has 0 saturated heterocycles. The fraction of sp³-hybridized carbons (Fsp3) is 0.267. The Balaban J connectivity index is 2.23. The standard InChI is InChI=1S/C15H19N3O/c1-11-8-13(16)9-17-15(11)18(2)10-12-6-4-5-7-14(12)19-3/h4-9H,10,16H2,1-3H3. The van der Waals surface area contributed by atoms with E-state index in [1.54, 1.807) is 13.3 Å². The monoisotopic (exact) mass is 257 g/mol. The number of nitrogens with zero attached hydrogens (tertiary/aromatic N) is 2. The van der Waals surface area contributed by atoms with Crippen LogP contribution in [0.1, 0.15) is 11.1 Å². The molecule has 0 bridgehead atoms. The van der Waals surface area contributed by atoms with Crippen LogP contribution in [0.2, 0.25) is 0 Å². The Morgan fingerprint density at radius 2 is 2.05 bits per heavy atom. The van der Waals surface area contributed by atoms with Gasteiger partial charge in [-0.05, 0) is 24.6 Å². The van der Waals surface area contributed by atoms with E-state index in [9.17, 15) is 0 Å². The van der Waals surface area contributed by atoms with Gasteiger partial charge in [-0.2, -0.15) is 0 Å². The summed E-state index contributed by atoms with van der Waals surface area (Å²) in [5.41, 5.74) is 8.61. The lowest BCUT2D eigenvalue weighted by Crippen LogP contribution is -2.19. The fourth-order valence-electron chi connectivity index (χ4n) is 2.15. The Labute approximate surface area is 113 Å². The largest absolute Gasteiger partial charge is 0.496 e. The quantitative estimate of drug-likeness (QED) is 0.914. The Hall–Kier alpha value is -2.23. The molecule has 4 nitrogen and oxygen atoms in total. The van der Waals surface area contributed by atoms with Crippen molar-refractivity contribution in [2.75, 3.05) is 24.8 Å². The molecule has 100 valence electrons. The summed E-state index contributed by atoms with van der Waals surface area (Å²) in [6.07, 6.45) is 1.68.